The Morgan fingerprint density at radius 1 is 1.33 bits per heavy atom. The van der Waals surface area contributed by atoms with Crippen molar-refractivity contribution in [2.24, 2.45) is 5.41 Å². The van der Waals surface area contributed by atoms with Crippen LogP contribution in [0.2, 0.25) is 0 Å². The van der Waals surface area contributed by atoms with E-state index in [1.807, 2.05) is 24.3 Å². The van der Waals surface area contributed by atoms with E-state index in [0.717, 1.165) is 5.52 Å². The topological polar surface area (TPSA) is 83.0 Å². The predicted octanol–water partition coefficient (Wildman–Crippen LogP) is 2.99. The number of hydrogen-bond acceptors (Lipinski definition) is 3. The van der Waals surface area contributed by atoms with Gasteiger partial charge < -0.3 is 10.1 Å². The number of carboxylic acid groups (broad SMARTS) is 1. The smallest absolute Gasteiger partial charge is 0.310 e. The van der Waals surface area contributed by atoms with Crippen LogP contribution in [0.4, 0.5) is 0 Å². The molecule has 21 heavy (non-hydrogen) atoms. The molecule has 1 aromatic heterocycles. The van der Waals surface area contributed by atoms with Gasteiger partial charge in [0.25, 0.3) is 0 Å². The highest BCUT2D eigenvalue weighted by atomic mass is 32.1. The number of carboxylic acids is 1. The zero-order valence-corrected chi connectivity index (χ0v) is 12.9. The highest BCUT2D eigenvalue weighted by Gasteiger charge is 2.48. The van der Waals surface area contributed by atoms with E-state index < -0.39 is 22.4 Å². The van der Waals surface area contributed by atoms with E-state index in [1.54, 1.807) is 13.8 Å². The van der Waals surface area contributed by atoms with Crippen LogP contribution >= 0.6 is 12.6 Å². The molecule has 0 radical (unpaired) electrons. The van der Waals surface area contributed by atoms with E-state index >= 15 is 0 Å². The number of rotatable bonds is 6. The van der Waals surface area contributed by atoms with Gasteiger partial charge in [0.05, 0.1) is 16.4 Å². The van der Waals surface area contributed by atoms with E-state index in [9.17, 15) is 14.7 Å². The number of nitrogens with zero attached hydrogens (tertiary/aromatic N) is 1. The molecule has 1 heterocycles. The Kier molecular flexibility index (Phi) is 4.37. The lowest BCUT2D eigenvalue weighted by molar-refractivity contribution is -0.153. The number of thiol groups is 1. The molecule has 0 fully saturated rings. The second-order valence-electron chi connectivity index (χ2n) is 5.08. The van der Waals surface area contributed by atoms with Crippen LogP contribution in [0, 0.1) is 5.41 Å². The standard InChI is InChI=1S/C15H18N2O3S/c1-3-15(4-2,14(19)20)11(13(18)21)12-16-9-7-5-6-8-10(9)17-12/h5-8,11H,3-4H2,1-2H3,(H,16,17)(H,18,21)(H,19,20). The lowest BCUT2D eigenvalue weighted by atomic mass is 9.71. The zero-order chi connectivity index (χ0) is 15.6. The normalized spacial score (nSPS) is 13.3. The van der Waals surface area contributed by atoms with Crippen LogP contribution < -0.4 is 0 Å². The van der Waals surface area contributed by atoms with Gasteiger partial charge in [0.15, 0.2) is 5.12 Å². The van der Waals surface area contributed by atoms with E-state index in [1.165, 1.54) is 0 Å². The van der Waals surface area contributed by atoms with Gasteiger partial charge in [0, 0.05) is 0 Å². The molecule has 0 bridgehead atoms. The lowest BCUT2D eigenvalue weighted by Gasteiger charge is -2.32. The number of para-hydroxylation sites is 2. The fourth-order valence-electron chi connectivity index (χ4n) is 2.81. The highest BCUT2D eigenvalue weighted by Crippen LogP contribution is 2.43. The number of aromatic nitrogens is 2. The highest BCUT2D eigenvalue weighted by molar-refractivity contribution is 7.96. The van der Waals surface area contributed by atoms with Crippen LogP contribution in [0.25, 0.3) is 11.0 Å². The average Bonchev–Trinajstić information content (AvgIpc) is 2.86. The molecule has 0 spiro atoms. The number of fused-ring (bicyclic) bond motifs is 1. The Morgan fingerprint density at radius 2 is 1.95 bits per heavy atom. The minimum Gasteiger partial charge on any atom is -0.481 e. The number of aromatic amines is 1. The molecule has 0 aliphatic rings. The molecule has 0 saturated carbocycles. The molecule has 1 atom stereocenters. The van der Waals surface area contributed by atoms with Crippen molar-refractivity contribution in [2.75, 3.05) is 0 Å². The number of carbonyl (C=O) groups excluding carboxylic acids is 1. The SMILES string of the molecule is CCC(CC)(C(=O)O)C(C(=O)S)c1nc2ccccc2[nH]1. The number of carbonyl (C=O) groups is 2. The number of nitrogens with one attached hydrogen (secondary N) is 1. The summed E-state index contributed by atoms with van der Waals surface area (Å²) in [5.41, 5.74) is 0.282. The molecular formula is C15H18N2O3S. The number of hydrogen-bond donors (Lipinski definition) is 3. The monoisotopic (exact) mass is 306 g/mol. The minimum atomic E-state index is -1.20. The number of benzene rings is 1. The van der Waals surface area contributed by atoms with E-state index in [-0.39, 0.29) is 0 Å². The Labute approximate surface area is 128 Å². The fourth-order valence-corrected chi connectivity index (χ4v) is 3.18. The third-order valence-corrected chi connectivity index (χ3v) is 4.43. The number of aliphatic carboxylic acids is 1. The van der Waals surface area contributed by atoms with Crippen molar-refractivity contribution in [2.45, 2.75) is 32.6 Å². The zero-order valence-electron chi connectivity index (χ0n) is 12.0. The van der Waals surface area contributed by atoms with Crippen molar-refractivity contribution in [3.8, 4) is 0 Å². The maximum Gasteiger partial charge on any atom is 0.310 e. The molecule has 6 heteroatoms. The number of imidazole rings is 1. The quantitative estimate of drug-likeness (QED) is 0.716. The Bertz CT molecular complexity index is 643. The second kappa shape index (κ2) is 5.89. The van der Waals surface area contributed by atoms with Gasteiger partial charge >= 0.3 is 5.97 Å². The summed E-state index contributed by atoms with van der Waals surface area (Å²) in [5.74, 6) is -1.54. The Hall–Kier alpha value is -1.82. The summed E-state index contributed by atoms with van der Waals surface area (Å²) >= 11 is 3.92. The fraction of sp³-hybridized carbons (Fsp3) is 0.400. The van der Waals surface area contributed by atoms with Crippen LogP contribution in [-0.2, 0) is 9.59 Å². The van der Waals surface area contributed by atoms with E-state index in [0.29, 0.717) is 24.2 Å². The minimum absolute atomic E-state index is 0.326. The molecule has 112 valence electrons. The summed E-state index contributed by atoms with van der Waals surface area (Å²) in [6.07, 6.45) is 0.652. The summed E-state index contributed by atoms with van der Waals surface area (Å²) in [5, 5.41) is 9.17. The first-order chi connectivity index (χ1) is 9.96. The van der Waals surface area contributed by atoms with Gasteiger partial charge in [-0.15, -0.1) is 12.6 Å². The molecule has 2 aromatic rings. The van der Waals surface area contributed by atoms with Crippen molar-refractivity contribution in [1.29, 1.82) is 0 Å². The molecular weight excluding hydrogens is 288 g/mol. The molecule has 0 aliphatic heterocycles. The molecule has 0 aliphatic carbocycles. The first-order valence-corrected chi connectivity index (χ1v) is 7.31. The van der Waals surface area contributed by atoms with E-state index in [2.05, 4.69) is 22.6 Å². The first-order valence-electron chi connectivity index (χ1n) is 6.87. The van der Waals surface area contributed by atoms with Gasteiger partial charge in [-0.2, -0.15) is 0 Å². The van der Waals surface area contributed by atoms with Crippen molar-refractivity contribution in [1.82, 2.24) is 9.97 Å². The van der Waals surface area contributed by atoms with Gasteiger partial charge in [-0.3, -0.25) is 9.59 Å². The third kappa shape index (κ3) is 2.55. The van der Waals surface area contributed by atoms with Gasteiger partial charge in [-0.05, 0) is 25.0 Å². The summed E-state index contributed by atoms with van der Waals surface area (Å²) in [7, 11) is 0. The predicted molar refractivity (Wildman–Crippen MR) is 83.5 cm³/mol. The molecule has 2 N–H and O–H groups in total. The second-order valence-corrected chi connectivity index (χ2v) is 5.52. The molecule has 2 rings (SSSR count). The lowest BCUT2D eigenvalue weighted by Crippen LogP contribution is -2.39. The van der Waals surface area contributed by atoms with Crippen molar-refractivity contribution >= 4 is 34.7 Å². The van der Waals surface area contributed by atoms with Crippen LogP contribution in [0.15, 0.2) is 24.3 Å². The summed E-state index contributed by atoms with van der Waals surface area (Å²) in [6, 6.07) is 7.35. The largest absolute Gasteiger partial charge is 0.481 e. The Morgan fingerprint density at radius 3 is 2.43 bits per heavy atom. The van der Waals surface area contributed by atoms with Crippen molar-refractivity contribution in [3.63, 3.8) is 0 Å². The summed E-state index contributed by atoms with van der Waals surface area (Å²) in [4.78, 5) is 31.3. The van der Waals surface area contributed by atoms with Gasteiger partial charge in [0.1, 0.15) is 11.7 Å². The van der Waals surface area contributed by atoms with Crippen LogP contribution in [0.1, 0.15) is 38.4 Å². The summed E-state index contributed by atoms with van der Waals surface area (Å²) < 4.78 is 0. The van der Waals surface area contributed by atoms with Crippen molar-refractivity contribution in [3.05, 3.63) is 30.1 Å². The maximum absolute atomic E-state index is 12.0. The van der Waals surface area contributed by atoms with Crippen molar-refractivity contribution < 1.29 is 14.7 Å². The van der Waals surface area contributed by atoms with Crippen LogP contribution in [0.3, 0.4) is 0 Å². The molecule has 0 amide bonds. The van der Waals surface area contributed by atoms with E-state index in [4.69, 9.17) is 0 Å². The number of H-pyrrole nitrogens is 1. The van der Waals surface area contributed by atoms with Gasteiger partial charge in [-0.25, -0.2) is 4.98 Å². The van der Waals surface area contributed by atoms with Gasteiger partial charge in [0.2, 0.25) is 0 Å². The average molecular weight is 306 g/mol. The Balaban J connectivity index is 2.62. The van der Waals surface area contributed by atoms with Crippen LogP contribution in [-0.4, -0.2) is 26.2 Å². The molecule has 5 nitrogen and oxygen atoms in total. The molecule has 1 aromatic carbocycles. The maximum atomic E-state index is 12.0. The third-order valence-electron chi connectivity index (χ3n) is 4.17. The molecule has 1 unspecified atom stereocenters. The molecule has 0 saturated heterocycles. The van der Waals surface area contributed by atoms with Gasteiger partial charge in [-0.1, -0.05) is 26.0 Å². The van der Waals surface area contributed by atoms with Crippen LogP contribution in [0.5, 0.6) is 0 Å². The first kappa shape index (κ1) is 15.6. The summed E-state index contributed by atoms with van der Waals surface area (Å²) in [6.45, 7) is 3.54.